The van der Waals surface area contributed by atoms with Gasteiger partial charge in [-0.15, -0.1) is 0 Å². The highest BCUT2D eigenvalue weighted by molar-refractivity contribution is 6.32. The Morgan fingerprint density at radius 1 is 1.17 bits per heavy atom. The van der Waals surface area contributed by atoms with Crippen LogP contribution in [0.15, 0.2) is 42.5 Å². The van der Waals surface area contributed by atoms with Crippen molar-refractivity contribution in [3.8, 4) is 5.75 Å². The number of aryl methyl sites for hydroxylation is 1. The predicted molar refractivity (Wildman–Crippen MR) is 123 cm³/mol. The van der Waals surface area contributed by atoms with E-state index in [0.717, 1.165) is 56.5 Å². The summed E-state index contributed by atoms with van der Waals surface area (Å²) in [6.45, 7) is 2.53. The molecule has 0 aliphatic heterocycles. The van der Waals surface area contributed by atoms with Crippen molar-refractivity contribution in [1.29, 1.82) is 0 Å². The lowest BCUT2D eigenvalue weighted by atomic mass is 9.73. The molecular formula is C25H34ClNO3. The Labute approximate surface area is 185 Å². The highest BCUT2D eigenvalue weighted by Gasteiger charge is 2.41. The molecule has 2 aromatic rings. The molecule has 0 bridgehead atoms. The SMILES string of the molecule is COCCN(C)CCCC1(O)c2ccccc2CCCC1c1ccc(Cl)c(OC)c1. The van der Waals surface area contributed by atoms with Gasteiger partial charge in [0, 0.05) is 19.6 Å². The van der Waals surface area contributed by atoms with E-state index < -0.39 is 5.60 Å². The normalized spacial score (nSPS) is 21.3. The number of rotatable bonds is 9. The first kappa shape index (κ1) is 23.1. The third-order valence-corrected chi connectivity index (χ3v) is 6.66. The van der Waals surface area contributed by atoms with Gasteiger partial charge in [0.2, 0.25) is 0 Å². The van der Waals surface area contributed by atoms with Crippen LogP contribution >= 0.6 is 11.6 Å². The lowest BCUT2D eigenvalue weighted by molar-refractivity contribution is -0.00675. The Kier molecular flexibility index (Phi) is 8.18. The van der Waals surface area contributed by atoms with Crippen molar-refractivity contribution in [3.63, 3.8) is 0 Å². The van der Waals surface area contributed by atoms with E-state index in [2.05, 4.69) is 30.1 Å². The van der Waals surface area contributed by atoms with E-state index >= 15 is 0 Å². The number of nitrogens with zero attached hydrogens (tertiary/aromatic N) is 1. The minimum absolute atomic E-state index is 0.00315. The average molecular weight is 432 g/mol. The minimum atomic E-state index is -0.923. The first-order chi connectivity index (χ1) is 14.5. The number of ether oxygens (including phenoxy) is 2. The molecule has 2 unspecified atom stereocenters. The summed E-state index contributed by atoms with van der Waals surface area (Å²) in [7, 11) is 5.46. The van der Waals surface area contributed by atoms with E-state index in [1.807, 2.05) is 24.3 Å². The van der Waals surface area contributed by atoms with Gasteiger partial charge in [0.05, 0.1) is 24.3 Å². The Bertz CT molecular complexity index is 828. The molecule has 0 aromatic heterocycles. The summed E-state index contributed by atoms with van der Waals surface area (Å²) < 4.78 is 10.6. The van der Waals surface area contributed by atoms with Crippen LogP contribution in [0, 0.1) is 0 Å². The second-order valence-corrected chi connectivity index (χ2v) is 8.73. The molecular weight excluding hydrogens is 398 g/mol. The van der Waals surface area contributed by atoms with E-state index in [-0.39, 0.29) is 5.92 Å². The summed E-state index contributed by atoms with van der Waals surface area (Å²) >= 11 is 6.28. The van der Waals surface area contributed by atoms with Crippen LogP contribution in [0.25, 0.3) is 0 Å². The van der Waals surface area contributed by atoms with Crippen LogP contribution in [0.3, 0.4) is 0 Å². The minimum Gasteiger partial charge on any atom is -0.495 e. The van der Waals surface area contributed by atoms with Crippen LogP contribution in [-0.2, 0) is 16.8 Å². The van der Waals surface area contributed by atoms with Crippen LogP contribution in [0.2, 0.25) is 5.02 Å². The van der Waals surface area contributed by atoms with Crippen LogP contribution < -0.4 is 4.74 Å². The quantitative estimate of drug-likeness (QED) is 0.566. The maximum Gasteiger partial charge on any atom is 0.137 e. The van der Waals surface area contributed by atoms with Crippen molar-refractivity contribution in [2.45, 2.75) is 43.6 Å². The number of likely N-dealkylation sites (N-methyl/N-ethyl adjacent to an activating group) is 1. The molecule has 1 aliphatic rings. The molecule has 0 heterocycles. The fourth-order valence-corrected chi connectivity index (χ4v) is 4.90. The molecule has 3 rings (SSSR count). The summed E-state index contributed by atoms with van der Waals surface area (Å²) in [6.07, 6.45) is 4.58. The number of halogens is 1. The van der Waals surface area contributed by atoms with E-state index in [0.29, 0.717) is 17.2 Å². The summed E-state index contributed by atoms with van der Waals surface area (Å²) in [4.78, 5) is 2.26. The molecule has 2 aromatic carbocycles. The van der Waals surface area contributed by atoms with E-state index in [1.165, 1.54) is 5.56 Å². The lowest BCUT2D eigenvalue weighted by Gasteiger charge is -2.37. The third kappa shape index (κ3) is 5.17. The van der Waals surface area contributed by atoms with Crippen LogP contribution in [0.5, 0.6) is 5.75 Å². The van der Waals surface area contributed by atoms with Gasteiger partial charge in [0.1, 0.15) is 5.75 Å². The number of aliphatic hydroxyl groups is 1. The number of methoxy groups -OCH3 is 2. The molecule has 164 valence electrons. The molecule has 5 heteroatoms. The molecule has 2 atom stereocenters. The average Bonchev–Trinajstić information content (AvgIpc) is 2.90. The molecule has 0 radical (unpaired) electrons. The number of fused-ring (bicyclic) bond motifs is 1. The summed E-state index contributed by atoms with van der Waals surface area (Å²) in [6, 6.07) is 14.3. The van der Waals surface area contributed by atoms with Crippen molar-refractivity contribution >= 4 is 11.6 Å². The van der Waals surface area contributed by atoms with Crippen molar-refractivity contribution in [2.75, 3.05) is 41.0 Å². The monoisotopic (exact) mass is 431 g/mol. The van der Waals surface area contributed by atoms with Gasteiger partial charge in [-0.05, 0) is 74.5 Å². The smallest absolute Gasteiger partial charge is 0.137 e. The Balaban J connectivity index is 1.92. The zero-order chi connectivity index (χ0) is 21.6. The van der Waals surface area contributed by atoms with Gasteiger partial charge >= 0.3 is 0 Å². The Hall–Kier alpha value is -1.59. The van der Waals surface area contributed by atoms with Crippen LogP contribution in [0.1, 0.15) is 48.3 Å². The summed E-state index contributed by atoms with van der Waals surface area (Å²) in [5.41, 5.74) is 2.49. The molecule has 0 fully saturated rings. The van der Waals surface area contributed by atoms with Gasteiger partial charge in [-0.3, -0.25) is 0 Å². The molecule has 1 aliphatic carbocycles. The Morgan fingerprint density at radius 2 is 1.97 bits per heavy atom. The molecule has 0 amide bonds. The maximum absolute atomic E-state index is 12.2. The lowest BCUT2D eigenvalue weighted by Crippen LogP contribution is -2.35. The van der Waals surface area contributed by atoms with Gasteiger partial charge in [0.15, 0.2) is 0 Å². The predicted octanol–water partition coefficient (Wildman–Crippen LogP) is 5.01. The molecule has 4 nitrogen and oxygen atoms in total. The molecule has 1 N–H and O–H groups in total. The van der Waals surface area contributed by atoms with E-state index in [9.17, 15) is 5.11 Å². The van der Waals surface area contributed by atoms with Gasteiger partial charge in [-0.1, -0.05) is 41.9 Å². The highest BCUT2D eigenvalue weighted by Crippen LogP contribution is 2.48. The van der Waals surface area contributed by atoms with Crippen LogP contribution in [-0.4, -0.2) is 51.0 Å². The molecule has 0 spiro atoms. The first-order valence-electron chi connectivity index (χ1n) is 10.8. The zero-order valence-corrected chi connectivity index (χ0v) is 19.1. The molecule has 0 saturated heterocycles. The van der Waals surface area contributed by atoms with Gasteiger partial charge in [-0.2, -0.15) is 0 Å². The standard InChI is InChI=1S/C25H34ClNO3/c1-27(16-17-29-2)15-7-14-25(28)21-10-5-4-8-19(21)9-6-11-22(25)20-12-13-23(26)24(18-20)30-3/h4-5,8,10,12-13,18,22,28H,6-7,9,11,14-17H2,1-3H3. The maximum atomic E-state index is 12.2. The largest absolute Gasteiger partial charge is 0.495 e. The fraction of sp³-hybridized carbons (Fsp3) is 0.520. The number of benzene rings is 2. The first-order valence-corrected chi connectivity index (χ1v) is 11.2. The molecule has 30 heavy (non-hydrogen) atoms. The second-order valence-electron chi connectivity index (χ2n) is 8.32. The van der Waals surface area contributed by atoms with Gasteiger partial charge in [-0.25, -0.2) is 0 Å². The van der Waals surface area contributed by atoms with Crippen LogP contribution in [0.4, 0.5) is 0 Å². The number of hydrogen-bond acceptors (Lipinski definition) is 4. The van der Waals surface area contributed by atoms with Gasteiger partial charge < -0.3 is 19.5 Å². The highest BCUT2D eigenvalue weighted by atomic mass is 35.5. The third-order valence-electron chi connectivity index (χ3n) is 6.35. The Morgan fingerprint density at radius 3 is 2.73 bits per heavy atom. The van der Waals surface area contributed by atoms with Gasteiger partial charge in [0.25, 0.3) is 0 Å². The molecule has 0 saturated carbocycles. The van der Waals surface area contributed by atoms with Crippen molar-refractivity contribution in [3.05, 3.63) is 64.2 Å². The van der Waals surface area contributed by atoms with E-state index in [1.54, 1.807) is 14.2 Å². The second kappa shape index (κ2) is 10.6. The summed E-state index contributed by atoms with van der Waals surface area (Å²) in [5.74, 6) is 0.657. The topological polar surface area (TPSA) is 41.9 Å². The van der Waals surface area contributed by atoms with Crippen molar-refractivity contribution in [2.24, 2.45) is 0 Å². The fourth-order valence-electron chi connectivity index (χ4n) is 4.71. The summed E-state index contributed by atoms with van der Waals surface area (Å²) in [5, 5.41) is 12.8. The van der Waals surface area contributed by atoms with Crippen molar-refractivity contribution < 1.29 is 14.6 Å². The van der Waals surface area contributed by atoms with Crippen molar-refractivity contribution in [1.82, 2.24) is 4.90 Å². The number of hydrogen-bond donors (Lipinski definition) is 1. The zero-order valence-electron chi connectivity index (χ0n) is 18.4. The van der Waals surface area contributed by atoms with E-state index in [4.69, 9.17) is 21.1 Å².